The Kier molecular flexibility index (Phi) is 9.93. The van der Waals surface area contributed by atoms with E-state index in [4.69, 9.17) is 4.74 Å². The number of hydrogen-bond donors (Lipinski definition) is 3. The lowest BCUT2D eigenvalue weighted by Crippen LogP contribution is -2.44. The Hall–Kier alpha value is -2.64. The van der Waals surface area contributed by atoms with Gasteiger partial charge in [0.05, 0.1) is 18.7 Å². The molecule has 1 aliphatic rings. The van der Waals surface area contributed by atoms with Gasteiger partial charge in [-0.25, -0.2) is 0 Å². The summed E-state index contributed by atoms with van der Waals surface area (Å²) in [5.74, 6) is 0.274. The molecular weight excluding hydrogens is 478 g/mol. The molecule has 3 N–H and O–H groups in total. The Morgan fingerprint density at radius 3 is 2.71 bits per heavy atom. The average Bonchev–Trinajstić information content (AvgIpc) is 2.79. The molecule has 0 spiro atoms. The molecule has 1 heterocycles. The molecule has 2 amide bonds. The Balaban J connectivity index is 1.64. The first-order chi connectivity index (χ1) is 16.7. The fourth-order valence-electron chi connectivity index (χ4n) is 3.89. The number of carbonyl (C=O) groups excluding carboxylic acids is 2. The molecule has 2 atom stereocenters. The van der Waals surface area contributed by atoms with Gasteiger partial charge in [-0.05, 0) is 66.9 Å². The first kappa shape index (κ1) is 27.0. The first-order valence-electron chi connectivity index (χ1n) is 11.6. The number of amides is 2. The van der Waals surface area contributed by atoms with Crippen molar-refractivity contribution in [1.29, 1.82) is 0 Å². The maximum absolute atomic E-state index is 12.9. The van der Waals surface area contributed by atoms with Crippen LogP contribution in [0.2, 0.25) is 0 Å². The van der Waals surface area contributed by atoms with Crippen molar-refractivity contribution in [3.8, 4) is 5.75 Å². The zero-order valence-electron chi connectivity index (χ0n) is 19.4. The van der Waals surface area contributed by atoms with Crippen LogP contribution in [0.15, 0.2) is 42.5 Å². The molecular formula is C25H31F3N3O3P. The van der Waals surface area contributed by atoms with Gasteiger partial charge in [0.25, 0.3) is 0 Å². The third-order valence-electron chi connectivity index (χ3n) is 5.60. The van der Waals surface area contributed by atoms with Crippen LogP contribution in [0, 0.1) is 0 Å². The Labute approximate surface area is 205 Å². The van der Waals surface area contributed by atoms with Gasteiger partial charge >= 0.3 is 6.18 Å². The topological polar surface area (TPSA) is 79.5 Å². The lowest BCUT2D eigenvalue weighted by atomic mass is 10.0. The number of benzene rings is 2. The lowest BCUT2D eigenvalue weighted by molar-refractivity contribution is -0.137. The van der Waals surface area contributed by atoms with Crippen LogP contribution in [0.5, 0.6) is 5.75 Å². The minimum atomic E-state index is -4.38. The van der Waals surface area contributed by atoms with Crippen LogP contribution in [-0.2, 0) is 28.7 Å². The van der Waals surface area contributed by atoms with E-state index < -0.39 is 11.7 Å². The molecule has 0 radical (unpaired) electrons. The molecule has 0 saturated heterocycles. The van der Waals surface area contributed by atoms with Gasteiger partial charge in [-0.1, -0.05) is 24.3 Å². The molecule has 0 aliphatic carbocycles. The zero-order valence-corrected chi connectivity index (χ0v) is 20.6. The molecule has 0 aromatic heterocycles. The highest BCUT2D eigenvalue weighted by Crippen LogP contribution is 2.29. The van der Waals surface area contributed by atoms with Crippen molar-refractivity contribution in [1.82, 2.24) is 16.0 Å². The van der Waals surface area contributed by atoms with E-state index in [-0.39, 0.29) is 30.9 Å². The van der Waals surface area contributed by atoms with Crippen molar-refractivity contribution >= 4 is 26.4 Å². The van der Waals surface area contributed by atoms with Crippen molar-refractivity contribution in [3.63, 3.8) is 0 Å². The summed E-state index contributed by atoms with van der Waals surface area (Å²) in [6.45, 7) is 1.16. The molecule has 35 heavy (non-hydrogen) atoms. The first-order valence-corrected chi connectivity index (χ1v) is 12.2. The molecule has 190 valence electrons. The monoisotopic (exact) mass is 509 g/mol. The van der Waals surface area contributed by atoms with E-state index in [2.05, 4.69) is 25.2 Å². The van der Waals surface area contributed by atoms with Crippen molar-refractivity contribution in [2.24, 2.45) is 0 Å². The molecule has 1 aliphatic heterocycles. The maximum Gasteiger partial charge on any atom is 0.416 e. The Bertz CT molecular complexity index is 1020. The van der Waals surface area contributed by atoms with Crippen LogP contribution in [0.25, 0.3) is 0 Å². The molecule has 2 bridgehead atoms. The predicted molar refractivity (Wildman–Crippen MR) is 132 cm³/mol. The fraction of sp³-hybridized carbons (Fsp3) is 0.440. The van der Waals surface area contributed by atoms with Crippen molar-refractivity contribution in [3.05, 3.63) is 59.2 Å². The van der Waals surface area contributed by atoms with Crippen LogP contribution in [0.4, 0.5) is 13.2 Å². The zero-order chi connectivity index (χ0) is 25.3. The summed E-state index contributed by atoms with van der Waals surface area (Å²) in [5, 5.41) is 9.74. The van der Waals surface area contributed by atoms with Gasteiger partial charge in [0.1, 0.15) is 5.75 Å². The van der Waals surface area contributed by atoms with Crippen molar-refractivity contribution < 1.29 is 27.5 Å². The number of ether oxygens (including phenoxy) is 1. The van der Waals surface area contributed by atoms with E-state index in [9.17, 15) is 22.8 Å². The van der Waals surface area contributed by atoms with E-state index in [0.717, 1.165) is 35.2 Å². The molecule has 0 fully saturated rings. The van der Waals surface area contributed by atoms with Crippen LogP contribution < -0.4 is 26.0 Å². The SMILES string of the molecule is O=C1CCCCOc2cc(P)cc(c2)C[C@@H](CCNCc2cccc(C(F)(F)F)c2)NC(=O)CN1. The van der Waals surface area contributed by atoms with Crippen LogP contribution in [0.3, 0.4) is 0 Å². The summed E-state index contributed by atoms with van der Waals surface area (Å²) in [6, 6.07) is 10.9. The third-order valence-corrected chi connectivity index (χ3v) is 5.94. The summed E-state index contributed by atoms with van der Waals surface area (Å²) < 4.78 is 44.7. The fourth-order valence-corrected chi connectivity index (χ4v) is 4.27. The number of halogens is 3. The molecule has 1 unspecified atom stereocenters. The average molecular weight is 510 g/mol. The molecule has 10 heteroatoms. The van der Waals surface area contributed by atoms with Crippen molar-refractivity contribution in [2.75, 3.05) is 19.7 Å². The van der Waals surface area contributed by atoms with Crippen LogP contribution >= 0.6 is 9.24 Å². The molecule has 3 rings (SSSR count). The summed E-state index contributed by atoms with van der Waals surface area (Å²) >= 11 is 0. The molecule has 0 saturated carbocycles. The highest BCUT2D eigenvalue weighted by molar-refractivity contribution is 7.27. The van der Waals surface area contributed by atoms with Gasteiger partial charge in [-0.2, -0.15) is 13.2 Å². The Morgan fingerprint density at radius 1 is 1.09 bits per heavy atom. The van der Waals surface area contributed by atoms with E-state index in [1.54, 1.807) is 6.07 Å². The summed E-state index contributed by atoms with van der Waals surface area (Å²) in [6.07, 6.45) is -1.56. The number of carbonyl (C=O) groups is 2. The second-order valence-electron chi connectivity index (χ2n) is 8.62. The molecule has 6 nitrogen and oxygen atoms in total. The second kappa shape index (κ2) is 12.9. The summed E-state index contributed by atoms with van der Waals surface area (Å²) in [4.78, 5) is 24.4. The van der Waals surface area contributed by atoms with Gasteiger partial charge < -0.3 is 20.7 Å². The Morgan fingerprint density at radius 2 is 1.91 bits per heavy atom. The van der Waals surface area contributed by atoms with Gasteiger partial charge in [-0.3, -0.25) is 9.59 Å². The maximum atomic E-state index is 12.9. The lowest BCUT2D eigenvalue weighted by Gasteiger charge is -2.20. The van der Waals surface area contributed by atoms with Gasteiger partial charge in [0.15, 0.2) is 0 Å². The standard InChI is InChI=1S/C25H31F3N3O3P/c26-25(27,28)19-5-3-4-17(10-19)15-29-8-7-20-11-18-12-21(14-22(35)13-18)34-9-2-1-6-23(32)30-16-24(33)31-20/h3-5,10,12-14,20,29H,1-2,6-9,11,15-16,35H2,(H,30,32)(H,31,33)/t20-/m1/s1. The van der Waals surface area contributed by atoms with E-state index in [1.165, 1.54) is 6.07 Å². The third kappa shape index (κ3) is 9.49. The number of nitrogens with one attached hydrogen (secondary N) is 3. The highest BCUT2D eigenvalue weighted by atomic mass is 31.0. The smallest absolute Gasteiger partial charge is 0.416 e. The normalized spacial score (nSPS) is 18.0. The minimum Gasteiger partial charge on any atom is -0.494 e. The van der Waals surface area contributed by atoms with Gasteiger partial charge in [-0.15, -0.1) is 9.24 Å². The van der Waals surface area contributed by atoms with E-state index in [0.29, 0.717) is 44.4 Å². The summed E-state index contributed by atoms with van der Waals surface area (Å²) in [7, 11) is 2.66. The van der Waals surface area contributed by atoms with Crippen LogP contribution in [0.1, 0.15) is 42.4 Å². The molecule has 2 aromatic rings. The van der Waals surface area contributed by atoms with Gasteiger partial charge in [0, 0.05) is 19.0 Å². The number of alkyl halides is 3. The van der Waals surface area contributed by atoms with E-state index in [1.807, 2.05) is 18.2 Å². The minimum absolute atomic E-state index is 0.0988. The highest BCUT2D eigenvalue weighted by Gasteiger charge is 2.30. The summed E-state index contributed by atoms with van der Waals surface area (Å²) in [5.41, 5.74) is 0.851. The van der Waals surface area contributed by atoms with E-state index >= 15 is 0 Å². The number of fused-ring (bicyclic) bond motifs is 2. The molecule has 2 aromatic carbocycles. The number of hydrogen-bond acceptors (Lipinski definition) is 4. The largest absolute Gasteiger partial charge is 0.494 e. The quantitative estimate of drug-likeness (QED) is 0.428. The van der Waals surface area contributed by atoms with Gasteiger partial charge in [0.2, 0.25) is 11.8 Å². The van der Waals surface area contributed by atoms with Crippen LogP contribution in [-0.4, -0.2) is 37.6 Å². The number of rotatable bonds is 5. The second-order valence-corrected chi connectivity index (χ2v) is 9.29. The van der Waals surface area contributed by atoms with Crippen molar-refractivity contribution in [2.45, 2.75) is 50.9 Å². The predicted octanol–water partition coefficient (Wildman–Crippen LogP) is 3.09.